The van der Waals surface area contributed by atoms with E-state index in [1.807, 2.05) is 0 Å². The van der Waals surface area contributed by atoms with Crippen LogP contribution in [-0.2, 0) is 4.79 Å². The summed E-state index contributed by atoms with van der Waals surface area (Å²) in [6.45, 7) is 1.69. The summed E-state index contributed by atoms with van der Waals surface area (Å²) in [4.78, 5) is 30.1. The Labute approximate surface area is 180 Å². The van der Waals surface area contributed by atoms with Gasteiger partial charge in [0.05, 0.1) is 28.4 Å². The van der Waals surface area contributed by atoms with Gasteiger partial charge in [0, 0.05) is 6.07 Å². The van der Waals surface area contributed by atoms with Crippen LogP contribution in [0.1, 0.15) is 19.8 Å². The number of nitrogens with one attached hydrogen (secondary N) is 1. The minimum absolute atomic E-state index is 0.0921. The number of nitrogens with zero attached hydrogens (tertiary/aromatic N) is 3. The average molecular weight is 440 g/mol. The first-order chi connectivity index (χ1) is 14.8. The Morgan fingerprint density at radius 2 is 2.06 bits per heavy atom. The van der Waals surface area contributed by atoms with Crippen LogP contribution >= 0.6 is 11.8 Å². The summed E-state index contributed by atoms with van der Waals surface area (Å²) < 4.78 is 29.0. The van der Waals surface area contributed by atoms with Gasteiger partial charge in [-0.2, -0.15) is 5.26 Å². The number of para-hydroxylation sites is 1. The molecular formula is C22H18F2N4O2S. The Bertz CT molecular complexity index is 1280. The van der Waals surface area contributed by atoms with Crippen molar-refractivity contribution in [3.05, 3.63) is 64.5 Å². The van der Waals surface area contributed by atoms with Gasteiger partial charge in [-0.15, -0.1) is 0 Å². The van der Waals surface area contributed by atoms with Gasteiger partial charge in [0.2, 0.25) is 5.91 Å². The third-order valence-corrected chi connectivity index (χ3v) is 6.19. The van der Waals surface area contributed by atoms with E-state index in [0.29, 0.717) is 11.6 Å². The highest BCUT2D eigenvalue weighted by molar-refractivity contribution is 7.99. The monoisotopic (exact) mass is 440 g/mol. The molecule has 158 valence electrons. The second kappa shape index (κ2) is 8.12. The molecule has 1 fully saturated rings. The summed E-state index contributed by atoms with van der Waals surface area (Å²) in [6.07, 6.45) is 1.76. The molecule has 1 aliphatic rings. The number of benzene rings is 2. The molecule has 4 rings (SSSR count). The molecule has 0 bridgehead atoms. The Morgan fingerprint density at radius 3 is 2.74 bits per heavy atom. The number of rotatable bonds is 6. The molecule has 1 unspecified atom stereocenters. The van der Waals surface area contributed by atoms with Gasteiger partial charge in [-0.25, -0.2) is 13.8 Å². The van der Waals surface area contributed by atoms with Crippen molar-refractivity contribution in [2.75, 3.05) is 5.75 Å². The molecule has 3 aromatic rings. The molecule has 9 heteroatoms. The number of nitriles is 1. The van der Waals surface area contributed by atoms with Crippen LogP contribution in [0.15, 0.2) is 52.4 Å². The Hall–Kier alpha value is -3.25. The van der Waals surface area contributed by atoms with Crippen LogP contribution in [-0.4, -0.2) is 26.8 Å². The fraction of sp³-hybridized carbons (Fsp3) is 0.273. The zero-order chi connectivity index (χ0) is 22.2. The molecule has 1 amide bonds. The maximum atomic E-state index is 14.5. The number of thioether (sulfide) groups is 1. The molecule has 0 saturated heterocycles. The first-order valence-corrected chi connectivity index (χ1v) is 10.6. The lowest BCUT2D eigenvalue weighted by Gasteiger charge is -2.22. The number of hydrogen-bond acceptors (Lipinski definition) is 5. The van der Waals surface area contributed by atoms with Crippen molar-refractivity contribution in [3.8, 4) is 11.8 Å². The third kappa shape index (κ3) is 4.16. The quantitative estimate of drug-likeness (QED) is 0.468. The smallest absolute Gasteiger partial charge is 0.266 e. The highest BCUT2D eigenvalue weighted by atomic mass is 32.2. The number of hydrogen-bond donors (Lipinski definition) is 1. The first-order valence-electron chi connectivity index (χ1n) is 9.64. The van der Waals surface area contributed by atoms with Crippen molar-refractivity contribution in [3.63, 3.8) is 0 Å². The lowest BCUT2D eigenvalue weighted by Crippen LogP contribution is -2.47. The number of amides is 1. The predicted molar refractivity (Wildman–Crippen MR) is 113 cm³/mol. The van der Waals surface area contributed by atoms with Gasteiger partial charge < -0.3 is 5.32 Å². The molecule has 6 nitrogen and oxygen atoms in total. The standard InChI is InChI=1S/C22H18F2N4O2S/c1-22(12-25,13-6-7-13)27-19(29)11-31-21-26-17-5-3-2-4-15(17)20(30)28(21)18-9-8-14(23)10-16(18)24/h2-5,8-10,13H,6-7,11H2,1H3,(H,27,29). The molecule has 1 aliphatic carbocycles. The number of fused-ring (bicyclic) bond motifs is 1. The van der Waals surface area contributed by atoms with Crippen molar-refractivity contribution < 1.29 is 13.6 Å². The van der Waals surface area contributed by atoms with E-state index >= 15 is 0 Å². The van der Waals surface area contributed by atoms with Crippen LogP contribution in [0.3, 0.4) is 0 Å². The van der Waals surface area contributed by atoms with Crippen molar-refractivity contribution >= 4 is 28.6 Å². The Balaban J connectivity index is 1.70. The van der Waals surface area contributed by atoms with E-state index in [-0.39, 0.29) is 27.9 Å². The summed E-state index contributed by atoms with van der Waals surface area (Å²) in [6, 6.07) is 11.6. The summed E-state index contributed by atoms with van der Waals surface area (Å²) in [5.74, 6) is -2.09. The van der Waals surface area contributed by atoms with Crippen molar-refractivity contribution in [2.24, 2.45) is 5.92 Å². The predicted octanol–water partition coefficient (Wildman–Crippen LogP) is 3.56. The van der Waals surface area contributed by atoms with E-state index in [1.165, 1.54) is 0 Å². The average Bonchev–Trinajstić information content (AvgIpc) is 3.59. The second-order valence-electron chi connectivity index (χ2n) is 7.57. The van der Waals surface area contributed by atoms with Crippen molar-refractivity contribution in [1.29, 1.82) is 5.26 Å². The molecule has 1 heterocycles. The molecule has 0 radical (unpaired) electrons. The van der Waals surface area contributed by atoms with Crippen LogP contribution in [0.5, 0.6) is 0 Å². The number of halogens is 2. The molecule has 1 aromatic heterocycles. The Kier molecular flexibility index (Phi) is 5.50. The molecule has 2 aromatic carbocycles. The molecule has 0 spiro atoms. The lowest BCUT2D eigenvalue weighted by atomic mass is 9.98. The van der Waals surface area contributed by atoms with Crippen molar-refractivity contribution in [1.82, 2.24) is 14.9 Å². The highest BCUT2D eigenvalue weighted by Crippen LogP contribution is 2.39. The fourth-order valence-corrected chi connectivity index (χ4v) is 4.23. The van der Waals surface area contributed by atoms with E-state index in [0.717, 1.165) is 41.3 Å². The molecule has 1 saturated carbocycles. The minimum atomic E-state index is -0.947. The van der Waals surface area contributed by atoms with Gasteiger partial charge in [-0.05, 0) is 49.9 Å². The molecular weight excluding hydrogens is 422 g/mol. The summed E-state index contributed by atoms with van der Waals surface area (Å²) in [7, 11) is 0. The molecule has 0 aliphatic heterocycles. The van der Waals surface area contributed by atoms with E-state index in [9.17, 15) is 23.6 Å². The summed E-state index contributed by atoms with van der Waals surface area (Å²) in [5, 5.41) is 12.5. The number of carbonyl (C=O) groups excluding carboxylic acids is 1. The molecule has 31 heavy (non-hydrogen) atoms. The zero-order valence-corrected chi connectivity index (χ0v) is 17.4. The van der Waals surface area contributed by atoms with Gasteiger partial charge in [0.25, 0.3) is 5.56 Å². The van der Waals surface area contributed by atoms with Gasteiger partial charge >= 0.3 is 0 Å². The molecule has 1 atom stereocenters. The number of carbonyl (C=O) groups is 1. The van der Waals surface area contributed by atoms with E-state index < -0.39 is 28.6 Å². The minimum Gasteiger partial charge on any atom is -0.337 e. The third-order valence-electron chi connectivity index (χ3n) is 5.25. The summed E-state index contributed by atoms with van der Waals surface area (Å²) in [5.41, 5.74) is -1.24. The van der Waals surface area contributed by atoms with Crippen LogP contribution in [0.25, 0.3) is 16.6 Å². The maximum absolute atomic E-state index is 14.5. The first kappa shape index (κ1) is 21.0. The topological polar surface area (TPSA) is 87.8 Å². The van der Waals surface area contributed by atoms with E-state index in [1.54, 1.807) is 31.2 Å². The second-order valence-corrected chi connectivity index (χ2v) is 8.52. The maximum Gasteiger partial charge on any atom is 0.266 e. The van der Waals surface area contributed by atoms with Crippen LogP contribution in [0.4, 0.5) is 8.78 Å². The SMILES string of the molecule is CC(C#N)(NC(=O)CSc1nc2ccccc2c(=O)n1-c1ccc(F)cc1F)C1CC1. The van der Waals surface area contributed by atoms with Crippen LogP contribution in [0.2, 0.25) is 0 Å². The van der Waals surface area contributed by atoms with Gasteiger partial charge in [0.1, 0.15) is 17.2 Å². The largest absolute Gasteiger partial charge is 0.337 e. The Morgan fingerprint density at radius 1 is 1.32 bits per heavy atom. The molecule has 1 N–H and O–H groups in total. The normalized spacial score (nSPS) is 15.3. The van der Waals surface area contributed by atoms with Gasteiger partial charge in [0.15, 0.2) is 5.16 Å². The van der Waals surface area contributed by atoms with Crippen molar-refractivity contribution in [2.45, 2.75) is 30.5 Å². The fourth-order valence-electron chi connectivity index (χ4n) is 3.42. The lowest BCUT2D eigenvalue weighted by molar-refractivity contribution is -0.119. The van der Waals surface area contributed by atoms with Crippen LogP contribution in [0, 0.1) is 28.9 Å². The van der Waals surface area contributed by atoms with Gasteiger partial charge in [-0.1, -0.05) is 23.9 Å². The van der Waals surface area contributed by atoms with Crippen LogP contribution < -0.4 is 10.9 Å². The summed E-state index contributed by atoms with van der Waals surface area (Å²) >= 11 is 0.945. The number of aromatic nitrogens is 2. The van der Waals surface area contributed by atoms with E-state index in [2.05, 4.69) is 16.4 Å². The highest BCUT2D eigenvalue weighted by Gasteiger charge is 2.43. The van der Waals surface area contributed by atoms with E-state index in [4.69, 9.17) is 0 Å². The zero-order valence-electron chi connectivity index (χ0n) is 16.6. The van der Waals surface area contributed by atoms with Gasteiger partial charge in [-0.3, -0.25) is 14.2 Å².